The average Bonchev–Trinajstić information content (AvgIpc) is 2.84. The summed E-state index contributed by atoms with van der Waals surface area (Å²) in [7, 11) is 1.70. The van der Waals surface area contributed by atoms with Crippen LogP contribution in [0.1, 0.15) is 12.1 Å². The molecule has 2 heterocycles. The standard InChI is InChI=1S/C10H14N2O2S2/c1-14-4-2-5-15-9-8(7-13)12-3-6-16-10(12)11-9/h3,6,13H,2,4-5,7H2,1H3. The summed E-state index contributed by atoms with van der Waals surface area (Å²) in [6.45, 7) is 0.800. The van der Waals surface area contributed by atoms with Crippen molar-refractivity contribution in [1.29, 1.82) is 0 Å². The van der Waals surface area contributed by atoms with Gasteiger partial charge in [0.1, 0.15) is 5.03 Å². The first-order chi connectivity index (χ1) is 7.86. The fourth-order valence-electron chi connectivity index (χ4n) is 1.44. The van der Waals surface area contributed by atoms with Gasteiger partial charge in [0.2, 0.25) is 0 Å². The third-order valence-corrected chi connectivity index (χ3v) is 4.06. The predicted octanol–water partition coefficient (Wildman–Crippen LogP) is 2.02. The van der Waals surface area contributed by atoms with Crippen molar-refractivity contribution in [2.24, 2.45) is 0 Å². The number of rotatable bonds is 6. The maximum Gasteiger partial charge on any atom is 0.195 e. The maximum absolute atomic E-state index is 9.33. The van der Waals surface area contributed by atoms with Crippen LogP contribution in [0.3, 0.4) is 0 Å². The van der Waals surface area contributed by atoms with Gasteiger partial charge in [-0.1, -0.05) is 0 Å². The first kappa shape index (κ1) is 11.9. The van der Waals surface area contributed by atoms with Gasteiger partial charge in [0.25, 0.3) is 0 Å². The van der Waals surface area contributed by atoms with Crippen molar-refractivity contribution in [3.8, 4) is 0 Å². The molecule has 0 saturated carbocycles. The van der Waals surface area contributed by atoms with E-state index < -0.39 is 0 Å². The summed E-state index contributed by atoms with van der Waals surface area (Å²) in [5.41, 5.74) is 0.888. The average molecular weight is 258 g/mol. The van der Waals surface area contributed by atoms with Gasteiger partial charge < -0.3 is 9.84 Å². The van der Waals surface area contributed by atoms with Crippen molar-refractivity contribution in [3.05, 3.63) is 17.3 Å². The molecule has 2 aromatic heterocycles. The zero-order valence-electron chi connectivity index (χ0n) is 9.05. The highest BCUT2D eigenvalue weighted by Crippen LogP contribution is 2.26. The molecule has 0 aliphatic carbocycles. The lowest BCUT2D eigenvalue weighted by Crippen LogP contribution is -1.93. The monoisotopic (exact) mass is 258 g/mol. The number of aliphatic hydroxyl groups excluding tert-OH is 1. The second-order valence-electron chi connectivity index (χ2n) is 3.27. The van der Waals surface area contributed by atoms with Crippen LogP contribution in [0.4, 0.5) is 0 Å². The highest BCUT2D eigenvalue weighted by molar-refractivity contribution is 7.99. The molecular weight excluding hydrogens is 244 g/mol. The molecule has 0 aromatic carbocycles. The number of fused-ring (bicyclic) bond motifs is 1. The molecule has 0 fully saturated rings. The zero-order valence-corrected chi connectivity index (χ0v) is 10.7. The van der Waals surface area contributed by atoms with Gasteiger partial charge >= 0.3 is 0 Å². The number of thioether (sulfide) groups is 1. The van der Waals surface area contributed by atoms with E-state index in [4.69, 9.17) is 4.74 Å². The lowest BCUT2D eigenvalue weighted by Gasteiger charge is -2.00. The third kappa shape index (κ3) is 2.40. The number of aromatic nitrogens is 2. The lowest BCUT2D eigenvalue weighted by molar-refractivity contribution is 0.200. The van der Waals surface area contributed by atoms with Crippen LogP contribution in [-0.2, 0) is 11.3 Å². The number of aliphatic hydroxyl groups is 1. The van der Waals surface area contributed by atoms with Crippen LogP contribution >= 0.6 is 23.1 Å². The van der Waals surface area contributed by atoms with Crippen LogP contribution in [0.5, 0.6) is 0 Å². The van der Waals surface area contributed by atoms with E-state index >= 15 is 0 Å². The van der Waals surface area contributed by atoms with Crippen LogP contribution in [0.25, 0.3) is 4.96 Å². The summed E-state index contributed by atoms with van der Waals surface area (Å²) < 4.78 is 6.94. The van der Waals surface area contributed by atoms with Crippen LogP contribution < -0.4 is 0 Å². The van der Waals surface area contributed by atoms with Gasteiger partial charge in [-0.2, -0.15) is 0 Å². The van der Waals surface area contributed by atoms with Gasteiger partial charge in [0, 0.05) is 31.0 Å². The summed E-state index contributed by atoms with van der Waals surface area (Å²) in [4.78, 5) is 5.43. The predicted molar refractivity (Wildman–Crippen MR) is 66.2 cm³/mol. The van der Waals surface area contributed by atoms with E-state index in [2.05, 4.69) is 4.98 Å². The molecular formula is C10H14N2O2S2. The number of methoxy groups -OCH3 is 1. The largest absolute Gasteiger partial charge is 0.390 e. The fraction of sp³-hybridized carbons (Fsp3) is 0.500. The van der Waals surface area contributed by atoms with Crippen molar-refractivity contribution in [3.63, 3.8) is 0 Å². The number of hydrogen-bond acceptors (Lipinski definition) is 5. The Kier molecular flexibility index (Phi) is 4.22. The van der Waals surface area contributed by atoms with Crippen LogP contribution in [0.2, 0.25) is 0 Å². The minimum atomic E-state index is 0.0323. The topological polar surface area (TPSA) is 46.8 Å². The Bertz CT molecular complexity index is 453. The van der Waals surface area contributed by atoms with Gasteiger partial charge in [0.15, 0.2) is 4.96 Å². The SMILES string of the molecule is COCCCSc1nc2sccn2c1CO. The normalized spacial score (nSPS) is 11.4. The van der Waals surface area contributed by atoms with Crippen molar-refractivity contribution >= 4 is 28.1 Å². The summed E-state index contributed by atoms with van der Waals surface area (Å²) in [6, 6.07) is 0. The molecule has 0 saturated heterocycles. The second-order valence-corrected chi connectivity index (χ2v) is 5.23. The maximum atomic E-state index is 9.33. The Hall–Kier alpha value is -0.560. The Morgan fingerprint density at radius 1 is 1.62 bits per heavy atom. The van der Waals surface area contributed by atoms with Gasteiger partial charge in [-0.3, -0.25) is 4.40 Å². The Morgan fingerprint density at radius 3 is 3.25 bits per heavy atom. The summed E-state index contributed by atoms with van der Waals surface area (Å²) in [5.74, 6) is 0.964. The first-order valence-electron chi connectivity index (χ1n) is 5.04. The van der Waals surface area contributed by atoms with Crippen molar-refractivity contribution < 1.29 is 9.84 Å². The molecule has 0 amide bonds. The number of ether oxygens (including phenoxy) is 1. The molecule has 0 spiro atoms. The smallest absolute Gasteiger partial charge is 0.195 e. The molecule has 88 valence electrons. The number of thiazole rings is 1. The molecule has 1 N–H and O–H groups in total. The lowest BCUT2D eigenvalue weighted by atomic mass is 10.5. The molecule has 0 aliphatic rings. The molecule has 2 rings (SSSR count). The molecule has 0 unspecified atom stereocenters. The molecule has 2 aromatic rings. The molecule has 4 nitrogen and oxygen atoms in total. The second kappa shape index (κ2) is 5.67. The Morgan fingerprint density at radius 2 is 2.50 bits per heavy atom. The summed E-state index contributed by atoms with van der Waals surface area (Å²) >= 11 is 3.26. The molecule has 0 radical (unpaired) electrons. The highest BCUT2D eigenvalue weighted by Gasteiger charge is 2.12. The van der Waals surface area contributed by atoms with E-state index in [1.54, 1.807) is 30.2 Å². The highest BCUT2D eigenvalue weighted by atomic mass is 32.2. The van der Waals surface area contributed by atoms with E-state index in [1.165, 1.54) is 0 Å². The van der Waals surface area contributed by atoms with E-state index in [0.717, 1.165) is 34.5 Å². The molecule has 0 atom stereocenters. The van der Waals surface area contributed by atoms with Crippen LogP contribution in [-0.4, -0.2) is 34.0 Å². The number of hydrogen-bond donors (Lipinski definition) is 1. The molecule has 0 bridgehead atoms. The Balaban J connectivity index is 2.07. The minimum absolute atomic E-state index is 0.0323. The van der Waals surface area contributed by atoms with Gasteiger partial charge in [-0.05, 0) is 6.42 Å². The fourth-order valence-corrected chi connectivity index (χ4v) is 3.17. The van der Waals surface area contributed by atoms with E-state index in [-0.39, 0.29) is 6.61 Å². The summed E-state index contributed by atoms with van der Waals surface area (Å²) in [6.07, 6.45) is 2.94. The molecule has 16 heavy (non-hydrogen) atoms. The quantitative estimate of drug-likeness (QED) is 0.636. The van der Waals surface area contributed by atoms with E-state index in [9.17, 15) is 5.11 Å². The van der Waals surface area contributed by atoms with Gasteiger partial charge in [0.05, 0.1) is 12.3 Å². The zero-order chi connectivity index (χ0) is 11.4. The van der Waals surface area contributed by atoms with Gasteiger partial charge in [-0.25, -0.2) is 4.98 Å². The first-order valence-corrected chi connectivity index (χ1v) is 6.90. The number of nitrogens with zero attached hydrogens (tertiary/aromatic N) is 2. The van der Waals surface area contributed by atoms with Crippen molar-refractivity contribution in [2.75, 3.05) is 19.5 Å². The summed E-state index contributed by atoms with van der Waals surface area (Å²) in [5, 5.41) is 12.2. The van der Waals surface area contributed by atoms with Gasteiger partial charge in [-0.15, -0.1) is 23.1 Å². The van der Waals surface area contributed by atoms with Crippen LogP contribution in [0.15, 0.2) is 16.6 Å². The van der Waals surface area contributed by atoms with Crippen LogP contribution in [0, 0.1) is 0 Å². The molecule has 0 aliphatic heterocycles. The molecule has 6 heteroatoms. The minimum Gasteiger partial charge on any atom is -0.390 e. The Labute approximate surface area is 102 Å². The number of imidazole rings is 1. The van der Waals surface area contributed by atoms with Crippen molar-refractivity contribution in [2.45, 2.75) is 18.1 Å². The van der Waals surface area contributed by atoms with Crippen molar-refractivity contribution in [1.82, 2.24) is 9.38 Å². The van der Waals surface area contributed by atoms with E-state index in [1.807, 2.05) is 16.0 Å². The third-order valence-electron chi connectivity index (χ3n) is 2.21. The van der Waals surface area contributed by atoms with E-state index in [0.29, 0.717) is 0 Å².